The number of rotatable bonds is 2. The van der Waals surface area contributed by atoms with Crippen LogP contribution < -0.4 is 11.4 Å². The SMILES string of the molecule is Nc1ncn([C@@H]2O[C@H](CO)[C@@H](O)[C@@H]2O)c(=O)n1.Oc1ccccc1. The van der Waals surface area contributed by atoms with Gasteiger partial charge in [-0.05, 0) is 12.1 Å². The first-order valence-corrected chi connectivity index (χ1v) is 7.01. The molecule has 130 valence electrons. The number of nitrogens with two attached hydrogens (primary N) is 1. The number of para-hydroxylation sites is 1. The fourth-order valence-corrected chi connectivity index (χ4v) is 2.07. The van der Waals surface area contributed by atoms with Gasteiger partial charge in [-0.1, -0.05) is 18.2 Å². The van der Waals surface area contributed by atoms with E-state index >= 15 is 0 Å². The molecule has 10 nitrogen and oxygen atoms in total. The van der Waals surface area contributed by atoms with Crippen LogP contribution in [0.1, 0.15) is 6.23 Å². The number of aromatic nitrogens is 3. The molecule has 1 saturated heterocycles. The number of aliphatic hydroxyl groups is 3. The monoisotopic (exact) mass is 338 g/mol. The summed E-state index contributed by atoms with van der Waals surface area (Å²) in [6, 6.07) is 8.71. The summed E-state index contributed by atoms with van der Waals surface area (Å²) in [7, 11) is 0. The van der Waals surface area contributed by atoms with Crippen molar-refractivity contribution in [3.63, 3.8) is 0 Å². The van der Waals surface area contributed by atoms with Crippen LogP contribution in [0.5, 0.6) is 5.75 Å². The minimum Gasteiger partial charge on any atom is -0.508 e. The van der Waals surface area contributed by atoms with Crippen molar-refractivity contribution in [2.75, 3.05) is 12.3 Å². The third-order valence-corrected chi connectivity index (χ3v) is 3.29. The molecular weight excluding hydrogens is 320 g/mol. The maximum absolute atomic E-state index is 11.5. The average Bonchev–Trinajstić information content (AvgIpc) is 2.84. The smallest absolute Gasteiger partial charge is 0.354 e. The van der Waals surface area contributed by atoms with E-state index in [0.29, 0.717) is 5.75 Å². The van der Waals surface area contributed by atoms with Gasteiger partial charge in [-0.25, -0.2) is 9.78 Å². The number of phenolic OH excluding ortho intramolecular Hbond substituents is 1. The highest BCUT2D eigenvalue weighted by molar-refractivity contribution is 5.18. The number of nitrogens with zero attached hydrogens (tertiary/aromatic N) is 3. The topological polar surface area (TPSA) is 164 Å². The minimum atomic E-state index is -1.35. The molecule has 2 aromatic rings. The molecule has 0 amide bonds. The fourth-order valence-electron chi connectivity index (χ4n) is 2.07. The Labute approximate surface area is 136 Å². The van der Waals surface area contributed by atoms with Crippen molar-refractivity contribution in [2.45, 2.75) is 24.5 Å². The second-order valence-corrected chi connectivity index (χ2v) is 4.97. The van der Waals surface area contributed by atoms with Crippen LogP contribution in [-0.2, 0) is 4.74 Å². The van der Waals surface area contributed by atoms with E-state index in [-0.39, 0.29) is 5.95 Å². The number of benzene rings is 1. The van der Waals surface area contributed by atoms with E-state index in [1.165, 1.54) is 0 Å². The maximum atomic E-state index is 11.5. The Morgan fingerprint density at radius 3 is 2.33 bits per heavy atom. The van der Waals surface area contributed by atoms with Gasteiger partial charge < -0.3 is 30.9 Å². The van der Waals surface area contributed by atoms with E-state index in [9.17, 15) is 15.0 Å². The summed E-state index contributed by atoms with van der Waals surface area (Å²) in [6.07, 6.45) is -3.67. The lowest BCUT2D eigenvalue weighted by Crippen LogP contribution is -2.36. The molecule has 0 aliphatic carbocycles. The van der Waals surface area contributed by atoms with E-state index in [1.54, 1.807) is 24.3 Å². The van der Waals surface area contributed by atoms with E-state index in [2.05, 4.69) is 9.97 Å². The lowest BCUT2D eigenvalue weighted by Gasteiger charge is -2.16. The van der Waals surface area contributed by atoms with Crippen molar-refractivity contribution in [1.82, 2.24) is 14.5 Å². The summed E-state index contributed by atoms with van der Waals surface area (Å²) in [5.74, 6) is 0.125. The van der Waals surface area contributed by atoms with Crippen LogP contribution in [0.2, 0.25) is 0 Å². The normalized spacial score (nSPS) is 25.8. The van der Waals surface area contributed by atoms with Gasteiger partial charge in [-0.3, -0.25) is 4.57 Å². The lowest BCUT2D eigenvalue weighted by atomic mass is 10.1. The summed E-state index contributed by atoms with van der Waals surface area (Å²) < 4.78 is 6.04. The molecule has 0 spiro atoms. The molecule has 0 radical (unpaired) electrons. The quantitative estimate of drug-likeness (QED) is 0.426. The Balaban J connectivity index is 0.000000249. The predicted molar refractivity (Wildman–Crippen MR) is 81.8 cm³/mol. The summed E-state index contributed by atoms with van der Waals surface area (Å²) in [5, 5.41) is 36.7. The third-order valence-electron chi connectivity index (χ3n) is 3.29. The standard InChI is InChI=1S/C8H12N4O5.C6H6O/c9-7-10-2-12(8(16)11-7)6-5(15)4(14)3(1-13)17-6;7-6-4-2-1-3-5-6/h2-6,13-15H,1H2,(H2,9,11,16);1-5,7H/t3-,4-,5+,6-;/m1./s1. The largest absolute Gasteiger partial charge is 0.508 e. The summed E-state index contributed by atoms with van der Waals surface area (Å²) in [4.78, 5) is 18.4. The Kier molecular flexibility index (Phi) is 5.82. The van der Waals surface area contributed by atoms with Gasteiger partial charge in [0.25, 0.3) is 0 Å². The Hall–Kier alpha value is -2.53. The maximum Gasteiger partial charge on any atom is 0.354 e. The van der Waals surface area contributed by atoms with E-state index in [1.807, 2.05) is 6.07 Å². The van der Waals surface area contributed by atoms with Crippen LogP contribution in [0, 0.1) is 0 Å². The number of hydrogen-bond acceptors (Lipinski definition) is 9. The van der Waals surface area contributed by atoms with Crippen LogP contribution in [0.15, 0.2) is 41.5 Å². The number of ether oxygens (including phenoxy) is 1. The van der Waals surface area contributed by atoms with Crippen molar-refractivity contribution in [1.29, 1.82) is 0 Å². The molecule has 3 rings (SSSR count). The fraction of sp³-hybridized carbons (Fsp3) is 0.357. The molecule has 1 aliphatic heterocycles. The van der Waals surface area contributed by atoms with Gasteiger partial charge in [0.2, 0.25) is 5.95 Å². The Morgan fingerprint density at radius 2 is 1.88 bits per heavy atom. The Bertz CT molecular complexity index is 710. The zero-order valence-electron chi connectivity index (χ0n) is 12.5. The highest BCUT2D eigenvalue weighted by atomic mass is 16.6. The second-order valence-electron chi connectivity index (χ2n) is 4.97. The first-order chi connectivity index (χ1) is 11.4. The van der Waals surface area contributed by atoms with Crippen molar-refractivity contribution >= 4 is 5.95 Å². The van der Waals surface area contributed by atoms with Crippen LogP contribution in [-0.4, -0.2) is 59.9 Å². The van der Waals surface area contributed by atoms with Crippen molar-refractivity contribution in [3.8, 4) is 5.75 Å². The zero-order chi connectivity index (χ0) is 17.7. The van der Waals surface area contributed by atoms with Gasteiger partial charge in [-0.2, -0.15) is 4.98 Å². The number of hydrogen-bond donors (Lipinski definition) is 5. The molecule has 10 heteroatoms. The first-order valence-electron chi connectivity index (χ1n) is 7.01. The molecule has 0 bridgehead atoms. The van der Waals surface area contributed by atoms with Crippen LogP contribution in [0.3, 0.4) is 0 Å². The van der Waals surface area contributed by atoms with Gasteiger partial charge in [0, 0.05) is 0 Å². The molecule has 1 fully saturated rings. The minimum absolute atomic E-state index is 0.196. The van der Waals surface area contributed by atoms with Crippen molar-refractivity contribution < 1.29 is 25.2 Å². The molecule has 1 aromatic heterocycles. The molecule has 0 saturated carbocycles. The van der Waals surface area contributed by atoms with Gasteiger partial charge in [0.05, 0.1) is 6.61 Å². The van der Waals surface area contributed by atoms with Crippen molar-refractivity contribution in [2.24, 2.45) is 0 Å². The van der Waals surface area contributed by atoms with Gasteiger partial charge >= 0.3 is 5.69 Å². The summed E-state index contributed by atoms with van der Waals surface area (Å²) >= 11 is 0. The lowest BCUT2D eigenvalue weighted by molar-refractivity contribution is -0.0554. The number of aromatic hydroxyl groups is 1. The number of nitrogen functional groups attached to an aromatic ring is 1. The third kappa shape index (κ3) is 4.06. The van der Waals surface area contributed by atoms with Crippen LogP contribution in [0.4, 0.5) is 5.95 Å². The number of anilines is 1. The average molecular weight is 338 g/mol. The molecular formula is C14H18N4O6. The highest BCUT2D eigenvalue weighted by Gasteiger charge is 2.43. The zero-order valence-corrected chi connectivity index (χ0v) is 12.5. The first kappa shape index (κ1) is 17.8. The van der Waals surface area contributed by atoms with Crippen LogP contribution in [0.25, 0.3) is 0 Å². The van der Waals surface area contributed by atoms with Crippen molar-refractivity contribution in [3.05, 3.63) is 47.1 Å². The second kappa shape index (κ2) is 7.84. The highest BCUT2D eigenvalue weighted by Crippen LogP contribution is 2.27. The van der Waals surface area contributed by atoms with E-state index < -0.39 is 36.8 Å². The Morgan fingerprint density at radius 1 is 1.21 bits per heavy atom. The van der Waals surface area contributed by atoms with Gasteiger partial charge in [0.1, 0.15) is 30.4 Å². The van der Waals surface area contributed by atoms with E-state index in [4.69, 9.17) is 20.7 Å². The van der Waals surface area contributed by atoms with Gasteiger partial charge in [0.15, 0.2) is 6.23 Å². The molecule has 2 heterocycles. The summed E-state index contributed by atoms with van der Waals surface area (Å²) in [5.41, 5.74) is 4.46. The molecule has 24 heavy (non-hydrogen) atoms. The molecule has 6 N–H and O–H groups in total. The summed E-state index contributed by atoms with van der Waals surface area (Å²) in [6.45, 7) is -0.473. The molecule has 4 atom stereocenters. The molecule has 1 aliphatic rings. The van der Waals surface area contributed by atoms with E-state index in [0.717, 1.165) is 10.9 Å². The molecule has 1 aromatic carbocycles. The van der Waals surface area contributed by atoms with Gasteiger partial charge in [-0.15, -0.1) is 0 Å². The number of aliphatic hydroxyl groups excluding tert-OH is 3. The van der Waals surface area contributed by atoms with Crippen LogP contribution >= 0.6 is 0 Å². The predicted octanol–water partition coefficient (Wildman–Crippen LogP) is -1.78. The number of phenols is 1. The molecule has 0 unspecified atom stereocenters.